The first-order valence-corrected chi connectivity index (χ1v) is 9.79. The molecule has 14 nitrogen and oxygen atoms in total. The highest BCUT2D eigenvalue weighted by Gasteiger charge is 2.21. The highest BCUT2D eigenvalue weighted by molar-refractivity contribution is 5.87. The van der Waals surface area contributed by atoms with Crippen molar-refractivity contribution >= 4 is 35.6 Å². The number of nitrogens with one attached hydrogen (secondary N) is 4. The minimum absolute atomic E-state index is 0.0863. The summed E-state index contributed by atoms with van der Waals surface area (Å²) < 4.78 is 0. The maximum Gasteiger partial charge on any atom is 0.317 e. The molecule has 0 aromatic rings. The SMILES string of the molecule is C=CC(=O)NCCNC(=O)CN(CC(=O)O)CN(CC(=O)O)CC(=O)NCCNC(=O)C=C. The summed E-state index contributed by atoms with van der Waals surface area (Å²) in [5.74, 6) is -4.44. The normalized spacial score (nSPS) is 10.2. The van der Waals surface area contributed by atoms with Crippen molar-refractivity contribution < 1.29 is 39.0 Å². The molecule has 0 rings (SSSR count). The van der Waals surface area contributed by atoms with Crippen molar-refractivity contribution in [2.45, 2.75) is 0 Å². The van der Waals surface area contributed by atoms with Gasteiger partial charge in [0.05, 0.1) is 32.8 Å². The van der Waals surface area contributed by atoms with Gasteiger partial charge in [0, 0.05) is 26.2 Å². The molecule has 0 heterocycles. The number of rotatable bonds is 18. The van der Waals surface area contributed by atoms with Crippen molar-refractivity contribution in [3.8, 4) is 0 Å². The van der Waals surface area contributed by atoms with Crippen molar-refractivity contribution in [1.29, 1.82) is 0 Å². The molecule has 184 valence electrons. The van der Waals surface area contributed by atoms with Gasteiger partial charge in [-0.1, -0.05) is 13.2 Å². The minimum Gasteiger partial charge on any atom is -0.480 e. The van der Waals surface area contributed by atoms with E-state index in [1.165, 1.54) is 0 Å². The van der Waals surface area contributed by atoms with Gasteiger partial charge in [-0.2, -0.15) is 0 Å². The molecule has 0 radical (unpaired) electrons. The molecular formula is C19H30N6O8. The van der Waals surface area contributed by atoms with Gasteiger partial charge in [0.1, 0.15) is 0 Å². The number of hydrogen-bond acceptors (Lipinski definition) is 8. The second kappa shape index (κ2) is 16.9. The van der Waals surface area contributed by atoms with Gasteiger partial charge < -0.3 is 31.5 Å². The maximum absolute atomic E-state index is 12.1. The summed E-state index contributed by atoms with van der Waals surface area (Å²) in [4.78, 5) is 70.9. The van der Waals surface area contributed by atoms with Gasteiger partial charge >= 0.3 is 11.9 Å². The lowest BCUT2D eigenvalue weighted by atomic mass is 10.4. The quantitative estimate of drug-likeness (QED) is 0.0665. The van der Waals surface area contributed by atoms with Crippen molar-refractivity contribution in [3.63, 3.8) is 0 Å². The molecule has 0 atom stereocenters. The zero-order valence-electron chi connectivity index (χ0n) is 18.2. The molecule has 0 aliphatic carbocycles. The molecule has 6 N–H and O–H groups in total. The van der Waals surface area contributed by atoms with Crippen molar-refractivity contribution in [2.24, 2.45) is 0 Å². The van der Waals surface area contributed by atoms with E-state index in [-0.39, 0.29) is 45.9 Å². The van der Waals surface area contributed by atoms with Crippen LogP contribution in [-0.4, -0.2) is 115 Å². The average Bonchev–Trinajstić information content (AvgIpc) is 2.72. The molecule has 0 aromatic heterocycles. The van der Waals surface area contributed by atoms with Crippen LogP contribution < -0.4 is 21.3 Å². The third-order valence-corrected chi connectivity index (χ3v) is 3.72. The predicted octanol–water partition coefficient (Wildman–Crippen LogP) is -3.45. The lowest BCUT2D eigenvalue weighted by Crippen LogP contribution is -2.50. The Morgan fingerprint density at radius 3 is 1.24 bits per heavy atom. The van der Waals surface area contributed by atoms with Crippen LogP contribution in [0.25, 0.3) is 0 Å². The number of nitrogens with zero attached hydrogens (tertiary/aromatic N) is 2. The fourth-order valence-electron chi connectivity index (χ4n) is 2.41. The zero-order valence-corrected chi connectivity index (χ0v) is 18.2. The number of amides is 4. The number of carboxylic acids is 2. The highest BCUT2D eigenvalue weighted by Crippen LogP contribution is 1.96. The Labute approximate surface area is 190 Å². The van der Waals surface area contributed by atoms with E-state index in [9.17, 15) is 28.8 Å². The number of carbonyl (C=O) groups excluding carboxylic acids is 4. The molecule has 4 amide bonds. The molecule has 0 aromatic carbocycles. The molecule has 0 fully saturated rings. The number of aliphatic carboxylic acids is 2. The molecule has 0 spiro atoms. The maximum atomic E-state index is 12.1. The van der Waals surface area contributed by atoms with E-state index in [4.69, 9.17) is 10.2 Å². The first-order valence-electron chi connectivity index (χ1n) is 9.79. The molecule has 33 heavy (non-hydrogen) atoms. The first kappa shape index (κ1) is 29.2. The molecule has 0 aliphatic rings. The summed E-state index contributed by atoms with van der Waals surface area (Å²) in [5.41, 5.74) is 0. The van der Waals surface area contributed by atoms with E-state index < -0.39 is 48.7 Å². The lowest BCUT2D eigenvalue weighted by molar-refractivity contribution is -0.140. The Bertz CT molecular complexity index is 682. The Morgan fingerprint density at radius 2 is 0.939 bits per heavy atom. The molecule has 0 unspecified atom stereocenters. The van der Waals surface area contributed by atoms with E-state index in [0.717, 1.165) is 22.0 Å². The molecule has 14 heteroatoms. The van der Waals surface area contributed by atoms with Crippen LogP contribution in [0.15, 0.2) is 25.3 Å². The number of hydrogen-bond donors (Lipinski definition) is 6. The van der Waals surface area contributed by atoms with E-state index >= 15 is 0 Å². The molecule has 0 saturated heterocycles. The molecule has 0 bridgehead atoms. The summed E-state index contributed by atoms with van der Waals surface area (Å²) in [7, 11) is 0. The van der Waals surface area contributed by atoms with E-state index in [1.54, 1.807) is 0 Å². The summed E-state index contributed by atoms with van der Waals surface area (Å²) in [5, 5.41) is 28.1. The standard InChI is InChI=1S/C19H30N6O8/c1-3-14(26)20-5-7-22-16(28)9-24(11-18(30)31)13-25(12-19(32)33)10-17(29)23-8-6-21-15(27)4-2/h3-4H,1-2,5-13H2,(H,20,26)(H,21,27)(H,22,28)(H,23,29)(H,30,31)(H,32,33). The van der Waals surface area contributed by atoms with E-state index in [1.807, 2.05) is 0 Å². The smallest absolute Gasteiger partial charge is 0.317 e. The lowest BCUT2D eigenvalue weighted by Gasteiger charge is -2.27. The minimum atomic E-state index is -1.25. The van der Waals surface area contributed by atoms with Gasteiger partial charge in [-0.3, -0.25) is 38.6 Å². The Balaban J connectivity index is 4.80. The predicted molar refractivity (Wildman–Crippen MR) is 116 cm³/mol. The van der Waals surface area contributed by atoms with Gasteiger partial charge in [-0.05, 0) is 12.2 Å². The van der Waals surface area contributed by atoms with Crippen LogP contribution in [0.4, 0.5) is 0 Å². The Kier molecular flexibility index (Phi) is 14.9. The van der Waals surface area contributed by atoms with Crippen LogP contribution in [0, 0.1) is 0 Å². The topological polar surface area (TPSA) is 197 Å². The van der Waals surface area contributed by atoms with Crippen LogP contribution in [0.3, 0.4) is 0 Å². The fourth-order valence-corrected chi connectivity index (χ4v) is 2.41. The summed E-state index contributed by atoms with van der Waals surface area (Å²) in [6.07, 6.45) is 2.14. The fraction of sp³-hybridized carbons (Fsp3) is 0.474. The van der Waals surface area contributed by atoms with Crippen LogP contribution in [0.2, 0.25) is 0 Å². The van der Waals surface area contributed by atoms with Gasteiger partial charge in [-0.25, -0.2) is 0 Å². The van der Waals surface area contributed by atoms with Crippen LogP contribution in [0.1, 0.15) is 0 Å². The number of carbonyl (C=O) groups is 6. The van der Waals surface area contributed by atoms with Crippen molar-refractivity contribution in [2.75, 3.05) is 59.0 Å². The third-order valence-electron chi connectivity index (χ3n) is 3.72. The first-order chi connectivity index (χ1) is 15.6. The summed E-state index contributed by atoms with van der Waals surface area (Å²) in [6, 6.07) is 0. The largest absolute Gasteiger partial charge is 0.480 e. The van der Waals surface area contributed by atoms with Gasteiger partial charge in [-0.15, -0.1) is 0 Å². The molecular weight excluding hydrogens is 440 g/mol. The van der Waals surface area contributed by atoms with Gasteiger partial charge in [0.2, 0.25) is 23.6 Å². The third kappa shape index (κ3) is 16.6. The van der Waals surface area contributed by atoms with E-state index in [0.29, 0.717) is 0 Å². The van der Waals surface area contributed by atoms with Crippen LogP contribution in [0.5, 0.6) is 0 Å². The van der Waals surface area contributed by atoms with Crippen molar-refractivity contribution in [1.82, 2.24) is 31.1 Å². The van der Waals surface area contributed by atoms with Gasteiger partial charge in [0.25, 0.3) is 0 Å². The van der Waals surface area contributed by atoms with Crippen molar-refractivity contribution in [3.05, 3.63) is 25.3 Å². The number of carboxylic acid groups (broad SMARTS) is 2. The Morgan fingerprint density at radius 1 is 0.606 bits per heavy atom. The van der Waals surface area contributed by atoms with Gasteiger partial charge in [0.15, 0.2) is 0 Å². The monoisotopic (exact) mass is 470 g/mol. The molecule has 0 aliphatic heterocycles. The Hall–Kier alpha value is -3.78. The average molecular weight is 470 g/mol. The highest BCUT2D eigenvalue weighted by atomic mass is 16.4. The molecule has 0 saturated carbocycles. The second-order valence-corrected chi connectivity index (χ2v) is 6.59. The van der Waals surface area contributed by atoms with Crippen LogP contribution in [-0.2, 0) is 28.8 Å². The van der Waals surface area contributed by atoms with E-state index in [2.05, 4.69) is 34.4 Å². The zero-order chi connectivity index (χ0) is 25.2. The van der Waals surface area contributed by atoms with Crippen LogP contribution >= 0.6 is 0 Å². The summed E-state index contributed by atoms with van der Waals surface area (Å²) in [6.45, 7) is 4.80. The summed E-state index contributed by atoms with van der Waals surface area (Å²) >= 11 is 0. The second-order valence-electron chi connectivity index (χ2n) is 6.59.